The van der Waals surface area contributed by atoms with Gasteiger partial charge in [0.2, 0.25) is 5.91 Å². The van der Waals surface area contributed by atoms with E-state index in [0.29, 0.717) is 36.0 Å². The first-order chi connectivity index (χ1) is 13.0. The number of para-hydroxylation sites is 1. The summed E-state index contributed by atoms with van der Waals surface area (Å²) < 4.78 is 11.0. The van der Waals surface area contributed by atoms with Crippen LogP contribution in [0.4, 0.5) is 0 Å². The van der Waals surface area contributed by atoms with Crippen molar-refractivity contribution in [3.05, 3.63) is 58.6 Å². The minimum absolute atomic E-state index is 0.222. The minimum atomic E-state index is -0.430. The van der Waals surface area contributed by atoms with Crippen LogP contribution in [0.3, 0.4) is 0 Å². The van der Waals surface area contributed by atoms with Crippen molar-refractivity contribution in [3.63, 3.8) is 0 Å². The molecule has 2 amide bonds. The molecule has 2 N–H and O–H groups in total. The second kappa shape index (κ2) is 10.4. The van der Waals surface area contributed by atoms with Crippen LogP contribution in [0.15, 0.2) is 42.5 Å². The molecular formula is C20H23ClN2O4. The quantitative estimate of drug-likeness (QED) is 0.532. The number of ether oxygens (including phenoxy) is 2. The number of amides is 2. The van der Waals surface area contributed by atoms with Crippen molar-refractivity contribution in [2.75, 3.05) is 13.2 Å². The molecule has 0 bridgehead atoms. The van der Waals surface area contributed by atoms with E-state index in [0.717, 1.165) is 11.3 Å². The summed E-state index contributed by atoms with van der Waals surface area (Å²) in [6, 6.07) is 12.2. The number of rotatable bonds is 8. The van der Waals surface area contributed by atoms with Crippen molar-refractivity contribution in [2.45, 2.75) is 26.7 Å². The van der Waals surface area contributed by atoms with Gasteiger partial charge in [-0.05, 0) is 56.2 Å². The molecule has 0 radical (unpaired) electrons. The zero-order valence-electron chi connectivity index (χ0n) is 15.4. The molecule has 0 fully saturated rings. The van der Waals surface area contributed by atoms with Gasteiger partial charge < -0.3 is 9.47 Å². The number of carbonyl (C=O) groups is 2. The number of hydrogen-bond donors (Lipinski definition) is 2. The molecule has 0 saturated carbocycles. The minimum Gasteiger partial charge on any atom is -0.493 e. The Morgan fingerprint density at radius 1 is 1.04 bits per heavy atom. The highest BCUT2D eigenvalue weighted by molar-refractivity contribution is 6.30. The molecule has 0 atom stereocenters. The molecule has 0 heterocycles. The van der Waals surface area contributed by atoms with Gasteiger partial charge in [0.25, 0.3) is 5.91 Å². The summed E-state index contributed by atoms with van der Waals surface area (Å²) in [5.41, 5.74) is 6.10. The monoisotopic (exact) mass is 390 g/mol. The molecule has 0 saturated heterocycles. The van der Waals surface area contributed by atoms with E-state index >= 15 is 0 Å². The van der Waals surface area contributed by atoms with E-state index < -0.39 is 5.91 Å². The van der Waals surface area contributed by atoms with Crippen LogP contribution in [-0.4, -0.2) is 25.0 Å². The van der Waals surface area contributed by atoms with E-state index in [1.54, 1.807) is 36.4 Å². The standard InChI is InChI=1S/C20H23ClN2O4/c1-3-26-18-8-5-4-7-16(18)20(25)23-22-19(24)9-6-12-27-17-11-10-15(21)13-14(17)2/h4-5,7-8,10-11,13H,3,6,9,12H2,1-2H3,(H,22,24)(H,23,25). The first kappa shape index (κ1) is 20.6. The summed E-state index contributed by atoms with van der Waals surface area (Å²) in [4.78, 5) is 24.1. The normalized spacial score (nSPS) is 10.2. The van der Waals surface area contributed by atoms with Gasteiger partial charge in [0.15, 0.2) is 0 Å². The third kappa shape index (κ3) is 6.49. The number of benzene rings is 2. The molecule has 0 aliphatic carbocycles. The Labute approximate surface area is 163 Å². The number of aryl methyl sites for hydroxylation is 1. The van der Waals surface area contributed by atoms with Crippen molar-refractivity contribution < 1.29 is 19.1 Å². The molecule has 2 rings (SSSR count). The van der Waals surface area contributed by atoms with E-state index in [2.05, 4.69) is 10.9 Å². The van der Waals surface area contributed by atoms with Gasteiger partial charge in [0.05, 0.1) is 18.8 Å². The van der Waals surface area contributed by atoms with Crippen molar-refractivity contribution in [2.24, 2.45) is 0 Å². The van der Waals surface area contributed by atoms with Crippen LogP contribution in [0.1, 0.15) is 35.7 Å². The second-order valence-electron chi connectivity index (χ2n) is 5.79. The Bertz CT molecular complexity index is 795. The molecule has 0 unspecified atom stereocenters. The van der Waals surface area contributed by atoms with Crippen LogP contribution in [0.5, 0.6) is 11.5 Å². The fraction of sp³-hybridized carbons (Fsp3) is 0.300. The SMILES string of the molecule is CCOc1ccccc1C(=O)NNC(=O)CCCOc1ccc(Cl)cc1C. The molecule has 0 aromatic heterocycles. The molecule has 0 spiro atoms. The summed E-state index contributed by atoms with van der Waals surface area (Å²) in [7, 11) is 0. The van der Waals surface area contributed by atoms with Crippen LogP contribution in [0.25, 0.3) is 0 Å². The van der Waals surface area contributed by atoms with Gasteiger partial charge in [-0.25, -0.2) is 0 Å². The van der Waals surface area contributed by atoms with Crippen molar-refractivity contribution in [1.29, 1.82) is 0 Å². The molecule has 0 aliphatic heterocycles. The lowest BCUT2D eigenvalue weighted by Gasteiger charge is -2.12. The lowest BCUT2D eigenvalue weighted by Crippen LogP contribution is -2.41. The first-order valence-corrected chi connectivity index (χ1v) is 9.09. The maximum Gasteiger partial charge on any atom is 0.273 e. The number of hydrazine groups is 1. The smallest absolute Gasteiger partial charge is 0.273 e. The fourth-order valence-electron chi connectivity index (χ4n) is 2.38. The topological polar surface area (TPSA) is 76.7 Å². The molecule has 6 nitrogen and oxygen atoms in total. The Kier molecular flexibility index (Phi) is 7.95. The molecule has 2 aromatic carbocycles. The predicted molar refractivity (Wildman–Crippen MR) is 104 cm³/mol. The largest absolute Gasteiger partial charge is 0.493 e. The maximum absolute atomic E-state index is 12.2. The highest BCUT2D eigenvalue weighted by atomic mass is 35.5. The zero-order valence-corrected chi connectivity index (χ0v) is 16.1. The van der Waals surface area contributed by atoms with Gasteiger partial charge in [-0.3, -0.25) is 20.4 Å². The average molecular weight is 391 g/mol. The van der Waals surface area contributed by atoms with Crippen molar-refractivity contribution in [3.8, 4) is 11.5 Å². The van der Waals surface area contributed by atoms with Crippen LogP contribution in [-0.2, 0) is 4.79 Å². The Balaban J connectivity index is 1.72. The highest BCUT2D eigenvalue weighted by Gasteiger charge is 2.12. The summed E-state index contributed by atoms with van der Waals surface area (Å²) in [6.45, 7) is 4.58. The Morgan fingerprint density at radius 3 is 2.56 bits per heavy atom. The first-order valence-electron chi connectivity index (χ1n) is 8.71. The average Bonchev–Trinajstić information content (AvgIpc) is 2.65. The third-order valence-corrected chi connectivity index (χ3v) is 3.92. The Morgan fingerprint density at radius 2 is 1.81 bits per heavy atom. The summed E-state index contributed by atoms with van der Waals surface area (Å²) in [5.74, 6) is 0.480. The molecule has 7 heteroatoms. The zero-order chi connectivity index (χ0) is 19.6. The van der Waals surface area contributed by atoms with Gasteiger partial charge >= 0.3 is 0 Å². The van der Waals surface area contributed by atoms with Gasteiger partial charge in [-0.15, -0.1) is 0 Å². The van der Waals surface area contributed by atoms with Gasteiger partial charge in [-0.2, -0.15) is 0 Å². The van der Waals surface area contributed by atoms with E-state index in [1.807, 2.05) is 19.9 Å². The van der Waals surface area contributed by atoms with Gasteiger partial charge in [-0.1, -0.05) is 23.7 Å². The third-order valence-electron chi connectivity index (χ3n) is 3.69. The van der Waals surface area contributed by atoms with E-state index in [1.165, 1.54) is 0 Å². The molecule has 2 aromatic rings. The summed E-state index contributed by atoms with van der Waals surface area (Å²) >= 11 is 5.90. The van der Waals surface area contributed by atoms with E-state index in [-0.39, 0.29) is 12.3 Å². The summed E-state index contributed by atoms with van der Waals surface area (Å²) in [5, 5.41) is 0.654. The molecule has 0 aliphatic rings. The molecular weight excluding hydrogens is 368 g/mol. The summed E-state index contributed by atoms with van der Waals surface area (Å²) in [6.07, 6.45) is 0.735. The van der Waals surface area contributed by atoms with Crippen molar-refractivity contribution in [1.82, 2.24) is 10.9 Å². The predicted octanol–water partition coefficient (Wildman–Crippen LogP) is 3.67. The van der Waals surface area contributed by atoms with Crippen LogP contribution in [0, 0.1) is 6.92 Å². The number of halogens is 1. The number of hydrogen-bond acceptors (Lipinski definition) is 4. The second-order valence-corrected chi connectivity index (χ2v) is 6.23. The van der Waals surface area contributed by atoms with Crippen molar-refractivity contribution >= 4 is 23.4 Å². The number of nitrogens with one attached hydrogen (secondary N) is 2. The number of carbonyl (C=O) groups excluding carboxylic acids is 2. The highest BCUT2D eigenvalue weighted by Crippen LogP contribution is 2.22. The van der Waals surface area contributed by atoms with Gasteiger partial charge in [0.1, 0.15) is 11.5 Å². The lowest BCUT2D eigenvalue weighted by atomic mass is 10.2. The van der Waals surface area contributed by atoms with Crippen LogP contribution < -0.4 is 20.3 Å². The maximum atomic E-state index is 12.2. The Hall–Kier alpha value is -2.73. The van der Waals surface area contributed by atoms with Gasteiger partial charge in [0, 0.05) is 11.4 Å². The van der Waals surface area contributed by atoms with E-state index in [9.17, 15) is 9.59 Å². The van der Waals surface area contributed by atoms with E-state index in [4.69, 9.17) is 21.1 Å². The van der Waals surface area contributed by atoms with Crippen LogP contribution >= 0.6 is 11.6 Å². The fourth-order valence-corrected chi connectivity index (χ4v) is 2.61. The molecule has 144 valence electrons. The van der Waals surface area contributed by atoms with Crippen LogP contribution in [0.2, 0.25) is 5.02 Å². The lowest BCUT2D eigenvalue weighted by molar-refractivity contribution is -0.122. The molecule has 27 heavy (non-hydrogen) atoms.